The van der Waals surface area contributed by atoms with Crippen LogP contribution in [0.1, 0.15) is 65.7 Å². The van der Waals surface area contributed by atoms with E-state index in [0.717, 1.165) is 89.3 Å². The zero-order chi connectivity index (χ0) is 17.5. The molecule has 1 aliphatic rings. The van der Waals surface area contributed by atoms with E-state index in [1.165, 1.54) is 5.75 Å². The Morgan fingerprint density at radius 2 is 1.29 bits per heavy atom. The molecule has 0 bridgehead atoms. The Labute approximate surface area is 154 Å². The molecule has 0 aromatic heterocycles. The first kappa shape index (κ1) is 22.4. The van der Waals surface area contributed by atoms with Gasteiger partial charge in [0.15, 0.2) is 0 Å². The minimum absolute atomic E-state index is 0.745. The summed E-state index contributed by atoms with van der Waals surface area (Å²) in [6, 6.07) is 0.877. The molecular weight excluding hydrogens is 340 g/mol. The minimum atomic E-state index is -2.55. The second kappa shape index (κ2) is 14.6. The second-order valence-electron chi connectivity index (χ2n) is 6.42. The highest BCUT2D eigenvalue weighted by molar-refractivity contribution is 8.06. The number of hydrogen-bond donors (Lipinski definition) is 0. The van der Waals surface area contributed by atoms with Gasteiger partial charge in [0.2, 0.25) is 0 Å². The molecule has 144 valence electrons. The maximum atomic E-state index is 6.24. The minimum Gasteiger partial charge on any atom is -0.380 e. The molecule has 24 heavy (non-hydrogen) atoms. The van der Waals surface area contributed by atoms with Crippen LogP contribution in [-0.2, 0) is 18.0 Å². The topological polar surface area (TPSA) is 36.9 Å². The summed E-state index contributed by atoms with van der Waals surface area (Å²) in [5.41, 5.74) is 0. The van der Waals surface area contributed by atoms with Crippen molar-refractivity contribution in [3.05, 3.63) is 0 Å². The fourth-order valence-corrected chi connectivity index (χ4v) is 5.28. The normalized spacial score (nSPS) is 17.4. The fraction of sp³-hybridized carbons (Fsp3) is 1.00. The maximum absolute atomic E-state index is 6.24. The lowest BCUT2D eigenvalue weighted by molar-refractivity contribution is 0.0524. The average Bonchev–Trinajstić information content (AvgIpc) is 3.39. The smallest absolute Gasteiger partial charge is 0.380 e. The quantitative estimate of drug-likeness (QED) is 0.193. The van der Waals surface area contributed by atoms with E-state index < -0.39 is 8.80 Å². The van der Waals surface area contributed by atoms with Crippen molar-refractivity contribution < 1.29 is 18.0 Å². The molecule has 1 heterocycles. The Morgan fingerprint density at radius 3 is 1.71 bits per heavy atom. The first-order valence-corrected chi connectivity index (χ1v) is 12.9. The van der Waals surface area contributed by atoms with Gasteiger partial charge in [-0.3, -0.25) is 0 Å². The molecule has 0 N–H and O–H groups in total. The number of ether oxygens (including phenoxy) is 1. The second-order valence-corrected chi connectivity index (χ2v) is 10.5. The molecule has 0 radical (unpaired) electrons. The van der Waals surface area contributed by atoms with E-state index in [9.17, 15) is 0 Å². The molecule has 4 nitrogen and oxygen atoms in total. The molecule has 0 aromatic rings. The summed E-state index contributed by atoms with van der Waals surface area (Å²) in [5.74, 6) is 1.26. The molecule has 0 aromatic carbocycles. The number of unbranched alkanes of at least 4 members (excludes halogenated alkanes) is 3. The summed E-state index contributed by atoms with van der Waals surface area (Å²) in [5, 5.41) is 0.745. The fourth-order valence-electron chi connectivity index (χ4n) is 2.23. The van der Waals surface area contributed by atoms with Gasteiger partial charge in [-0.1, -0.05) is 40.0 Å². The third-order valence-corrected chi connectivity index (χ3v) is 7.78. The summed E-state index contributed by atoms with van der Waals surface area (Å²) < 4.78 is 24.5. The Hall–Kier alpha value is 0.407. The van der Waals surface area contributed by atoms with Gasteiger partial charge in [0, 0.05) is 43.5 Å². The molecule has 0 spiro atoms. The number of hydrogen-bond acceptors (Lipinski definition) is 5. The summed E-state index contributed by atoms with van der Waals surface area (Å²) in [6.07, 6.45) is 7.58. The van der Waals surface area contributed by atoms with Crippen molar-refractivity contribution in [2.24, 2.45) is 0 Å². The predicted molar refractivity (Wildman–Crippen MR) is 105 cm³/mol. The highest BCUT2D eigenvalue weighted by atomic mass is 32.2. The van der Waals surface area contributed by atoms with Crippen LogP contribution >= 0.6 is 11.8 Å². The third kappa shape index (κ3) is 11.1. The summed E-state index contributed by atoms with van der Waals surface area (Å²) in [7, 11) is -2.55. The van der Waals surface area contributed by atoms with E-state index >= 15 is 0 Å². The average molecular weight is 379 g/mol. The predicted octanol–water partition coefficient (Wildman–Crippen LogP) is 4.90. The van der Waals surface area contributed by atoms with Crippen LogP contribution in [-0.4, -0.2) is 52.8 Å². The van der Waals surface area contributed by atoms with E-state index in [-0.39, 0.29) is 0 Å². The molecule has 1 atom stereocenters. The Morgan fingerprint density at radius 1 is 0.792 bits per heavy atom. The van der Waals surface area contributed by atoms with Gasteiger partial charge in [0.1, 0.15) is 0 Å². The van der Waals surface area contributed by atoms with Crippen molar-refractivity contribution in [1.29, 1.82) is 0 Å². The lowest BCUT2D eigenvalue weighted by Gasteiger charge is -2.30. The van der Waals surface area contributed by atoms with Crippen LogP contribution in [0.4, 0.5) is 0 Å². The van der Waals surface area contributed by atoms with Crippen molar-refractivity contribution >= 4 is 20.6 Å². The van der Waals surface area contributed by atoms with Gasteiger partial charge in [-0.2, -0.15) is 11.8 Å². The molecule has 1 unspecified atom stereocenters. The van der Waals surface area contributed by atoms with Crippen molar-refractivity contribution in [3.63, 3.8) is 0 Å². The highest BCUT2D eigenvalue weighted by Crippen LogP contribution is 2.30. The van der Waals surface area contributed by atoms with Crippen molar-refractivity contribution in [1.82, 2.24) is 0 Å². The molecule has 1 saturated heterocycles. The van der Waals surface area contributed by atoms with Crippen LogP contribution in [0.3, 0.4) is 0 Å². The first-order chi connectivity index (χ1) is 11.8. The van der Waals surface area contributed by atoms with Crippen molar-refractivity contribution in [3.8, 4) is 0 Å². The third-order valence-electron chi connectivity index (χ3n) is 3.94. The molecule has 0 saturated carbocycles. The summed E-state index contributed by atoms with van der Waals surface area (Å²) in [4.78, 5) is 0. The molecule has 1 rings (SSSR count). The SMILES string of the molecule is CCCCO[Si](CCCOCC1CS1)(OCCCC)OCCCC. The Kier molecular flexibility index (Phi) is 13.6. The van der Waals surface area contributed by atoms with Crippen LogP contribution in [0.5, 0.6) is 0 Å². The standard InChI is InChI=1S/C18H38O4SSi/c1-4-7-12-20-24(21-13-8-5-2,22-14-9-6-3)15-10-11-19-16-18-17-23-18/h18H,4-17H2,1-3H3. The molecule has 0 amide bonds. The lowest BCUT2D eigenvalue weighted by atomic mass is 10.4. The summed E-state index contributed by atoms with van der Waals surface area (Å²) >= 11 is 1.98. The monoisotopic (exact) mass is 378 g/mol. The first-order valence-electron chi connectivity index (χ1n) is 9.87. The molecule has 1 aliphatic heterocycles. The van der Waals surface area contributed by atoms with Gasteiger partial charge in [0.25, 0.3) is 0 Å². The van der Waals surface area contributed by atoms with E-state index in [0.29, 0.717) is 0 Å². The molecular formula is C18H38O4SSi. The number of thioether (sulfide) groups is 1. The van der Waals surface area contributed by atoms with E-state index in [1.54, 1.807) is 0 Å². The van der Waals surface area contributed by atoms with Crippen LogP contribution in [0.2, 0.25) is 6.04 Å². The number of rotatable bonds is 18. The van der Waals surface area contributed by atoms with E-state index in [4.69, 9.17) is 18.0 Å². The largest absolute Gasteiger partial charge is 0.501 e. The Balaban J connectivity index is 2.43. The van der Waals surface area contributed by atoms with Gasteiger partial charge < -0.3 is 18.0 Å². The molecule has 0 aliphatic carbocycles. The van der Waals surface area contributed by atoms with Crippen LogP contribution in [0, 0.1) is 0 Å². The molecule has 6 heteroatoms. The van der Waals surface area contributed by atoms with Crippen LogP contribution in [0.25, 0.3) is 0 Å². The zero-order valence-corrected chi connectivity index (χ0v) is 17.8. The Bertz CT molecular complexity index is 264. The van der Waals surface area contributed by atoms with E-state index in [2.05, 4.69) is 20.8 Å². The zero-order valence-electron chi connectivity index (χ0n) is 16.0. The van der Waals surface area contributed by atoms with Crippen LogP contribution in [0.15, 0.2) is 0 Å². The van der Waals surface area contributed by atoms with Gasteiger partial charge in [-0.25, -0.2) is 0 Å². The van der Waals surface area contributed by atoms with Gasteiger partial charge in [0.05, 0.1) is 6.61 Å². The molecule has 1 fully saturated rings. The van der Waals surface area contributed by atoms with Crippen molar-refractivity contribution in [2.75, 3.05) is 38.8 Å². The van der Waals surface area contributed by atoms with Gasteiger partial charge in [-0.15, -0.1) is 0 Å². The van der Waals surface area contributed by atoms with E-state index in [1.807, 2.05) is 11.8 Å². The van der Waals surface area contributed by atoms with Crippen LogP contribution < -0.4 is 0 Å². The summed E-state index contributed by atoms with van der Waals surface area (Å²) in [6.45, 7) is 10.5. The van der Waals surface area contributed by atoms with Gasteiger partial charge in [-0.05, 0) is 25.7 Å². The maximum Gasteiger partial charge on any atom is 0.501 e. The van der Waals surface area contributed by atoms with Gasteiger partial charge >= 0.3 is 8.80 Å². The van der Waals surface area contributed by atoms with Crippen molar-refractivity contribution in [2.45, 2.75) is 77.0 Å². The highest BCUT2D eigenvalue weighted by Gasteiger charge is 2.40. The lowest BCUT2D eigenvalue weighted by Crippen LogP contribution is -2.46.